The van der Waals surface area contributed by atoms with Crippen molar-refractivity contribution in [2.24, 2.45) is 5.92 Å². The zero-order chi connectivity index (χ0) is 12.9. The SMILES string of the molecule is CC(CNCC(C)(C)c1cc[nH]c1)CC(=O)O. The molecule has 1 aromatic heterocycles. The highest BCUT2D eigenvalue weighted by Crippen LogP contribution is 2.21. The minimum Gasteiger partial charge on any atom is -0.481 e. The number of H-pyrrole nitrogens is 1. The van der Waals surface area contributed by atoms with E-state index in [9.17, 15) is 4.79 Å². The fraction of sp³-hybridized carbons (Fsp3) is 0.615. The molecule has 0 radical (unpaired) electrons. The number of aromatic nitrogens is 1. The molecular weight excluding hydrogens is 216 g/mol. The second kappa shape index (κ2) is 5.87. The topological polar surface area (TPSA) is 65.1 Å². The molecule has 0 fully saturated rings. The Labute approximate surface area is 102 Å². The molecule has 0 aliphatic rings. The van der Waals surface area contributed by atoms with Gasteiger partial charge in [-0.3, -0.25) is 4.79 Å². The van der Waals surface area contributed by atoms with Crippen molar-refractivity contribution in [3.05, 3.63) is 24.0 Å². The highest BCUT2D eigenvalue weighted by Gasteiger charge is 2.20. The lowest BCUT2D eigenvalue weighted by molar-refractivity contribution is -0.137. The summed E-state index contributed by atoms with van der Waals surface area (Å²) in [7, 11) is 0. The van der Waals surface area contributed by atoms with E-state index in [0.29, 0.717) is 0 Å². The van der Waals surface area contributed by atoms with E-state index in [1.807, 2.05) is 19.3 Å². The van der Waals surface area contributed by atoms with Gasteiger partial charge in [0, 0.05) is 30.8 Å². The van der Waals surface area contributed by atoms with E-state index in [-0.39, 0.29) is 17.8 Å². The van der Waals surface area contributed by atoms with Gasteiger partial charge in [-0.15, -0.1) is 0 Å². The number of carboxylic acids is 1. The average molecular weight is 238 g/mol. The number of hydrogen-bond acceptors (Lipinski definition) is 2. The molecule has 3 N–H and O–H groups in total. The molecule has 0 bridgehead atoms. The normalized spacial score (nSPS) is 13.6. The number of carboxylic acid groups (broad SMARTS) is 1. The first kappa shape index (κ1) is 13.8. The van der Waals surface area contributed by atoms with Gasteiger partial charge in [-0.25, -0.2) is 0 Å². The standard InChI is InChI=1S/C13H22N2O2/c1-10(6-12(16)17)7-15-9-13(2,3)11-4-5-14-8-11/h4-5,8,10,14-15H,6-7,9H2,1-3H3,(H,16,17). The van der Waals surface area contributed by atoms with Crippen LogP contribution in [0.2, 0.25) is 0 Å². The van der Waals surface area contributed by atoms with Crippen molar-refractivity contribution >= 4 is 5.97 Å². The average Bonchev–Trinajstić information content (AvgIpc) is 2.68. The maximum Gasteiger partial charge on any atom is 0.303 e. The summed E-state index contributed by atoms with van der Waals surface area (Å²) in [6.07, 6.45) is 4.14. The van der Waals surface area contributed by atoms with Gasteiger partial charge in [0.25, 0.3) is 0 Å². The molecule has 0 saturated heterocycles. The predicted molar refractivity (Wildman–Crippen MR) is 68.1 cm³/mol. The van der Waals surface area contributed by atoms with Crippen LogP contribution in [0.5, 0.6) is 0 Å². The summed E-state index contributed by atoms with van der Waals surface area (Å²) >= 11 is 0. The van der Waals surface area contributed by atoms with Crippen LogP contribution in [0.4, 0.5) is 0 Å². The van der Waals surface area contributed by atoms with Crippen molar-refractivity contribution in [2.75, 3.05) is 13.1 Å². The Morgan fingerprint density at radius 3 is 2.82 bits per heavy atom. The molecule has 1 heterocycles. The molecule has 0 amide bonds. The minimum atomic E-state index is -0.732. The fourth-order valence-electron chi connectivity index (χ4n) is 1.85. The minimum absolute atomic E-state index is 0.0585. The van der Waals surface area contributed by atoms with E-state index in [2.05, 4.69) is 30.2 Å². The zero-order valence-corrected chi connectivity index (χ0v) is 10.8. The molecule has 0 aliphatic carbocycles. The number of rotatable bonds is 7. The second-order valence-electron chi connectivity index (χ2n) is 5.32. The Balaban J connectivity index is 2.33. The summed E-state index contributed by atoms with van der Waals surface area (Å²) in [5.41, 5.74) is 1.32. The summed E-state index contributed by atoms with van der Waals surface area (Å²) in [6.45, 7) is 7.87. The van der Waals surface area contributed by atoms with Gasteiger partial charge in [0.15, 0.2) is 0 Å². The number of nitrogens with one attached hydrogen (secondary N) is 2. The van der Waals surface area contributed by atoms with Crippen LogP contribution in [0.15, 0.2) is 18.5 Å². The van der Waals surface area contributed by atoms with Gasteiger partial charge in [0.2, 0.25) is 0 Å². The Morgan fingerprint density at radius 1 is 1.59 bits per heavy atom. The third kappa shape index (κ3) is 4.61. The largest absolute Gasteiger partial charge is 0.481 e. The Morgan fingerprint density at radius 2 is 2.29 bits per heavy atom. The van der Waals surface area contributed by atoms with Crippen LogP contribution in [-0.4, -0.2) is 29.1 Å². The first-order valence-corrected chi connectivity index (χ1v) is 5.97. The van der Waals surface area contributed by atoms with E-state index in [1.165, 1.54) is 5.56 Å². The van der Waals surface area contributed by atoms with Crippen LogP contribution >= 0.6 is 0 Å². The van der Waals surface area contributed by atoms with Crippen LogP contribution in [0.25, 0.3) is 0 Å². The van der Waals surface area contributed by atoms with E-state index in [1.54, 1.807) is 0 Å². The first-order valence-electron chi connectivity index (χ1n) is 5.97. The molecule has 0 aromatic carbocycles. The zero-order valence-electron chi connectivity index (χ0n) is 10.8. The summed E-state index contributed by atoms with van der Waals surface area (Å²) < 4.78 is 0. The van der Waals surface area contributed by atoms with Gasteiger partial charge in [-0.2, -0.15) is 0 Å². The summed E-state index contributed by atoms with van der Waals surface area (Å²) in [6, 6.07) is 2.07. The van der Waals surface area contributed by atoms with Gasteiger partial charge < -0.3 is 15.4 Å². The Bertz CT molecular complexity index is 344. The first-order chi connectivity index (χ1) is 7.92. The lowest BCUT2D eigenvalue weighted by Gasteiger charge is -2.25. The van der Waals surface area contributed by atoms with Crippen LogP contribution in [-0.2, 0) is 10.2 Å². The smallest absolute Gasteiger partial charge is 0.303 e. The van der Waals surface area contributed by atoms with E-state index >= 15 is 0 Å². The summed E-state index contributed by atoms with van der Waals surface area (Å²) in [5, 5.41) is 12.0. The second-order valence-corrected chi connectivity index (χ2v) is 5.32. The van der Waals surface area contributed by atoms with Gasteiger partial charge in [-0.05, 0) is 24.1 Å². The van der Waals surface area contributed by atoms with Crippen molar-refractivity contribution < 1.29 is 9.90 Å². The number of hydrogen-bond donors (Lipinski definition) is 3. The Hall–Kier alpha value is -1.29. The molecule has 1 unspecified atom stereocenters. The van der Waals surface area contributed by atoms with E-state index < -0.39 is 5.97 Å². The maximum atomic E-state index is 10.5. The highest BCUT2D eigenvalue weighted by atomic mass is 16.4. The molecule has 1 atom stereocenters. The lowest BCUT2D eigenvalue weighted by atomic mass is 9.86. The predicted octanol–water partition coefficient (Wildman–Crippen LogP) is 1.99. The van der Waals surface area contributed by atoms with Gasteiger partial charge >= 0.3 is 5.97 Å². The molecule has 0 saturated carbocycles. The number of aliphatic carboxylic acids is 1. The van der Waals surface area contributed by atoms with Crippen molar-refractivity contribution in [2.45, 2.75) is 32.6 Å². The molecule has 4 nitrogen and oxygen atoms in total. The van der Waals surface area contributed by atoms with Crippen LogP contribution in [0, 0.1) is 5.92 Å². The maximum absolute atomic E-state index is 10.5. The molecule has 17 heavy (non-hydrogen) atoms. The highest BCUT2D eigenvalue weighted by molar-refractivity contribution is 5.66. The Kier molecular flexibility index (Phi) is 4.75. The molecule has 4 heteroatoms. The third-order valence-corrected chi connectivity index (χ3v) is 2.96. The van der Waals surface area contributed by atoms with Crippen LogP contribution < -0.4 is 5.32 Å². The quantitative estimate of drug-likeness (QED) is 0.680. The monoisotopic (exact) mass is 238 g/mol. The third-order valence-electron chi connectivity index (χ3n) is 2.96. The van der Waals surface area contributed by atoms with Gasteiger partial charge in [0.1, 0.15) is 0 Å². The molecule has 96 valence electrons. The van der Waals surface area contributed by atoms with Crippen molar-refractivity contribution in [3.63, 3.8) is 0 Å². The number of aromatic amines is 1. The summed E-state index contributed by atoms with van der Waals surface area (Å²) in [4.78, 5) is 13.6. The van der Waals surface area contributed by atoms with Crippen LogP contribution in [0.3, 0.4) is 0 Å². The van der Waals surface area contributed by atoms with E-state index in [0.717, 1.165) is 13.1 Å². The van der Waals surface area contributed by atoms with Crippen molar-refractivity contribution in [3.8, 4) is 0 Å². The van der Waals surface area contributed by atoms with Crippen molar-refractivity contribution in [1.29, 1.82) is 0 Å². The fourth-order valence-corrected chi connectivity index (χ4v) is 1.85. The van der Waals surface area contributed by atoms with Crippen molar-refractivity contribution in [1.82, 2.24) is 10.3 Å². The molecule has 0 spiro atoms. The summed E-state index contributed by atoms with van der Waals surface area (Å²) in [5.74, 6) is -0.571. The molecule has 1 rings (SSSR count). The van der Waals surface area contributed by atoms with Crippen LogP contribution in [0.1, 0.15) is 32.8 Å². The van der Waals surface area contributed by atoms with Gasteiger partial charge in [-0.1, -0.05) is 20.8 Å². The molecular formula is C13H22N2O2. The van der Waals surface area contributed by atoms with Gasteiger partial charge in [0.05, 0.1) is 0 Å². The van der Waals surface area contributed by atoms with E-state index in [4.69, 9.17) is 5.11 Å². The molecule has 1 aromatic rings. The number of carbonyl (C=O) groups is 1. The lowest BCUT2D eigenvalue weighted by Crippen LogP contribution is -2.35. The molecule has 0 aliphatic heterocycles.